The molecule has 0 aliphatic rings. The van der Waals surface area contributed by atoms with Crippen molar-refractivity contribution < 1.29 is 4.74 Å². The Balaban J connectivity index is 2.96. The van der Waals surface area contributed by atoms with Crippen molar-refractivity contribution in [3.8, 4) is 5.75 Å². The Morgan fingerprint density at radius 2 is 1.81 bits per heavy atom. The Hall–Kier alpha value is 0.210. The molecule has 0 radical (unpaired) electrons. The summed E-state index contributed by atoms with van der Waals surface area (Å²) in [5.74, 6) is 0.298. The van der Waals surface area contributed by atoms with Gasteiger partial charge in [-0.25, -0.2) is 0 Å². The minimum Gasteiger partial charge on any atom is -0.486 e. The lowest BCUT2D eigenvalue weighted by Gasteiger charge is -2.10. The molecule has 0 saturated heterocycles. The third-order valence-corrected chi connectivity index (χ3v) is 3.34. The largest absolute Gasteiger partial charge is 0.486 e. The monoisotopic (exact) mass is 318 g/mol. The van der Waals surface area contributed by atoms with E-state index in [0.29, 0.717) is 15.8 Å². The van der Waals surface area contributed by atoms with Gasteiger partial charge in [-0.3, -0.25) is 0 Å². The topological polar surface area (TPSA) is 9.23 Å². The molecule has 1 aromatic carbocycles. The van der Waals surface area contributed by atoms with E-state index in [1.165, 1.54) is 6.07 Å². The average molecular weight is 320 g/mol. The highest BCUT2D eigenvalue weighted by Crippen LogP contribution is 2.42. The number of benzene rings is 1. The minimum atomic E-state index is 0.194. The molecule has 0 spiro atoms. The zero-order valence-electron chi connectivity index (χ0n) is 8.16. The van der Waals surface area contributed by atoms with Gasteiger partial charge < -0.3 is 4.74 Å². The average Bonchev–Trinajstić information content (AvgIpc) is 2.19. The van der Waals surface area contributed by atoms with Crippen molar-refractivity contribution in [1.82, 2.24) is 0 Å². The normalized spacial score (nSPS) is 11.8. The Bertz CT molecular complexity index is 424. The van der Waals surface area contributed by atoms with Crippen LogP contribution in [0, 0.1) is 0 Å². The number of hydrogen-bond donors (Lipinski definition) is 0. The zero-order chi connectivity index (χ0) is 12.3. The second-order valence-corrected chi connectivity index (χ2v) is 5.07. The highest BCUT2D eigenvalue weighted by molar-refractivity contribution is 6.50. The van der Waals surface area contributed by atoms with Crippen LogP contribution in [0.5, 0.6) is 5.75 Å². The predicted octanol–water partition coefficient (Wildman–Crippen LogP) is 5.82. The quantitative estimate of drug-likeness (QED) is 0.503. The Labute approximate surface area is 119 Å². The smallest absolute Gasteiger partial charge is 0.158 e. The molecule has 88 valence electrons. The molecule has 0 saturated carbocycles. The van der Waals surface area contributed by atoms with Crippen LogP contribution in [0.3, 0.4) is 0 Å². The first-order chi connectivity index (χ1) is 7.43. The van der Waals surface area contributed by atoms with Gasteiger partial charge in [0.15, 0.2) is 5.75 Å². The molecule has 0 aliphatic heterocycles. The number of rotatable bonds is 3. The maximum atomic E-state index is 5.94. The van der Waals surface area contributed by atoms with Crippen molar-refractivity contribution in [2.45, 2.75) is 6.92 Å². The highest BCUT2D eigenvalue weighted by atomic mass is 35.5. The Kier molecular flexibility index (Phi) is 5.55. The minimum absolute atomic E-state index is 0.194. The van der Waals surface area contributed by atoms with Crippen molar-refractivity contribution in [3.05, 3.63) is 37.3 Å². The van der Waals surface area contributed by atoms with Gasteiger partial charge in [0.1, 0.15) is 11.6 Å². The standard InChI is InChI=1S/C10H7Cl5O/c1-5(11)2-3-16-10-7(13)4-6(12)8(14)9(10)15/h2,4H,3H2,1H3/b5-2-. The molecule has 0 aliphatic carbocycles. The molecular weight excluding hydrogens is 313 g/mol. The zero-order valence-corrected chi connectivity index (χ0v) is 11.9. The molecule has 1 aromatic rings. The second kappa shape index (κ2) is 6.23. The van der Waals surface area contributed by atoms with Crippen LogP contribution >= 0.6 is 58.0 Å². The van der Waals surface area contributed by atoms with E-state index in [1.54, 1.807) is 13.0 Å². The first-order valence-electron chi connectivity index (χ1n) is 4.21. The summed E-state index contributed by atoms with van der Waals surface area (Å²) in [6, 6.07) is 1.48. The highest BCUT2D eigenvalue weighted by Gasteiger charge is 2.14. The van der Waals surface area contributed by atoms with Crippen LogP contribution in [-0.4, -0.2) is 6.61 Å². The van der Waals surface area contributed by atoms with Crippen molar-refractivity contribution in [2.24, 2.45) is 0 Å². The van der Waals surface area contributed by atoms with Crippen LogP contribution in [-0.2, 0) is 0 Å². The molecule has 0 bridgehead atoms. The number of halogens is 5. The fraction of sp³-hybridized carbons (Fsp3) is 0.200. The second-order valence-electron chi connectivity index (χ2n) is 2.90. The van der Waals surface area contributed by atoms with Gasteiger partial charge in [-0.2, -0.15) is 0 Å². The molecule has 0 aromatic heterocycles. The van der Waals surface area contributed by atoms with Crippen LogP contribution in [0.2, 0.25) is 20.1 Å². The molecule has 1 nitrogen and oxygen atoms in total. The van der Waals surface area contributed by atoms with Crippen molar-refractivity contribution in [3.63, 3.8) is 0 Å². The van der Waals surface area contributed by atoms with E-state index in [-0.39, 0.29) is 21.7 Å². The SMILES string of the molecule is C/C(Cl)=C/COc1c(Cl)cc(Cl)c(Cl)c1Cl. The fourth-order valence-electron chi connectivity index (χ4n) is 0.922. The summed E-state index contributed by atoms with van der Waals surface area (Å²) in [7, 11) is 0. The molecular formula is C10H7Cl5O. The van der Waals surface area contributed by atoms with Crippen LogP contribution in [0.25, 0.3) is 0 Å². The summed E-state index contributed by atoms with van der Waals surface area (Å²) in [4.78, 5) is 0. The molecule has 0 heterocycles. The summed E-state index contributed by atoms with van der Waals surface area (Å²) in [6.45, 7) is 2.00. The third-order valence-electron chi connectivity index (χ3n) is 1.66. The molecule has 0 N–H and O–H groups in total. The lowest BCUT2D eigenvalue weighted by Crippen LogP contribution is -1.96. The van der Waals surface area contributed by atoms with E-state index in [9.17, 15) is 0 Å². The maximum absolute atomic E-state index is 5.94. The first kappa shape index (κ1) is 14.3. The van der Waals surface area contributed by atoms with E-state index in [4.69, 9.17) is 62.7 Å². The van der Waals surface area contributed by atoms with Crippen LogP contribution < -0.4 is 4.74 Å². The molecule has 0 fully saturated rings. The van der Waals surface area contributed by atoms with E-state index in [2.05, 4.69) is 0 Å². The van der Waals surface area contributed by atoms with E-state index in [1.807, 2.05) is 0 Å². The van der Waals surface area contributed by atoms with Gasteiger partial charge in [-0.05, 0) is 19.1 Å². The van der Waals surface area contributed by atoms with E-state index >= 15 is 0 Å². The van der Waals surface area contributed by atoms with Gasteiger partial charge in [0.2, 0.25) is 0 Å². The third kappa shape index (κ3) is 3.61. The molecule has 16 heavy (non-hydrogen) atoms. The lowest BCUT2D eigenvalue weighted by molar-refractivity contribution is 0.363. The maximum Gasteiger partial charge on any atom is 0.158 e. The van der Waals surface area contributed by atoms with Gasteiger partial charge in [-0.1, -0.05) is 58.0 Å². The Morgan fingerprint density at radius 3 is 2.38 bits per heavy atom. The van der Waals surface area contributed by atoms with Crippen LogP contribution in [0.15, 0.2) is 17.2 Å². The van der Waals surface area contributed by atoms with Crippen LogP contribution in [0.1, 0.15) is 6.92 Å². The number of hydrogen-bond acceptors (Lipinski definition) is 1. The molecule has 0 atom stereocenters. The lowest BCUT2D eigenvalue weighted by atomic mass is 10.3. The molecule has 6 heteroatoms. The first-order valence-corrected chi connectivity index (χ1v) is 6.10. The van der Waals surface area contributed by atoms with Crippen LogP contribution in [0.4, 0.5) is 0 Å². The molecule has 0 amide bonds. The number of ether oxygens (including phenoxy) is 1. The summed E-state index contributed by atoms with van der Waals surface area (Å²) in [5.41, 5.74) is 0. The van der Waals surface area contributed by atoms with Crippen molar-refractivity contribution in [2.75, 3.05) is 6.61 Å². The van der Waals surface area contributed by atoms with Gasteiger partial charge in [0, 0.05) is 5.03 Å². The molecule has 1 rings (SSSR count). The molecule has 0 unspecified atom stereocenters. The van der Waals surface area contributed by atoms with Gasteiger partial charge >= 0.3 is 0 Å². The predicted molar refractivity (Wildman–Crippen MR) is 71.6 cm³/mol. The van der Waals surface area contributed by atoms with E-state index < -0.39 is 0 Å². The fourth-order valence-corrected chi connectivity index (χ4v) is 2.00. The summed E-state index contributed by atoms with van der Waals surface area (Å²) < 4.78 is 5.35. The van der Waals surface area contributed by atoms with Gasteiger partial charge in [0.05, 0.1) is 15.1 Å². The summed E-state index contributed by atoms with van der Waals surface area (Å²) in [6.07, 6.45) is 1.68. The van der Waals surface area contributed by atoms with E-state index in [0.717, 1.165) is 0 Å². The number of allylic oxidation sites excluding steroid dienone is 1. The van der Waals surface area contributed by atoms with Gasteiger partial charge in [0.25, 0.3) is 0 Å². The summed E-state index contributed by atoms with van der Waals surface area (Å²) >= 11 is 29.1. The Morgan fingerprint density at radius 1 is 1.19 bits per heavy atom. The van der Waals surface area contributed by atoms with Gasteiger partial charge in [-0.15, -0.1) is 0 Å². The summed E-state index contributed by atoms with van der Waals surface area (Å²) in [5, 5.41) is 1.62. The van der Waals surface area contributed by atoms with Crippen molar-refractivity contribution >= 4 is 58.0 Å². The van der Waals surface area contributed by atoms with Crippen molar-refractivity contribution in [1.29, 1.82) is 0 Å².